The molecule has 2 rings (SSSR count). The highest BCUT2D eigenvalue weighted by atomic mass is 35.5. The van der Waals surface area contributed by atoms with Crippen LogP contribution in [0.4, 0.5) is 5.69 Å². The number of amides is 1. The highest BCUT2D eigenvalue weighted by Crippen LogP contribution is 2.30. The fourth-order valence-corrected chi connectivity index (χ4v) is 2.53. The highest BCUT2D eigenvalue weighted by Gasteiger charge is 2.28. The molecule has 0 spiro atoms. The van der Waals surface area contributed by atoms with E-state index in [1.54, 1.807) is 18.2 Å². The first kappa shape index (κ1) is 17.1. The van der Waals surface area contributed by atoms with E-state index >= 15 is 0 Å². The van der Waals surface area contributed by atoms with Gasteiger partial charge in [-0.2, -0.15) is 0 Å². The van der Waals surface area contributed by atoms with Gasteiger partial charge < -0.3 is 15.8 Å². The third kappa shape index (κ3) is 4.27. The number of benzene rings is 1. The molecule has 112 valence electrons. The second kappa shape index (κ2) is 7.72. The van der Waals surface area contributed by atoms with Crippen molar-refractivity contribution in [3.8, 4) is 5.75 Å². The summed E-state index contributed by atoms with van der Waals surface area (Å²) >= 11 is 5.93. The molecule has 0 saturated heterocycles. The van der Waals surface area contributed by atoms with Crippen LogP contribution in [-0.4, -0.2) is 18.6 Å². The monoisotopic (exact) mass is 318 g/mol. The summed E-state index contributed by atoms with van der Waals surface area (Å²) in [7, 11) is 0. The van der Waals surface area contributed by atoms with Crippen molar-refractivity contribution < 1.29 is 9.53 Å². The second-order valence-corrected chi connectivity index (χ2v) is 5.27. The number of nitrogens with one attached hydrogen (secondary N) is 1. The lowest BCUT2D eigenvalue weighted by Gasteiger charge is -2.14. The van der Waals surface area contributed by atoms with Gasteiger partial charge in [-0.15, -0.1) is 12.4 Å². The highest BCUT2D eigenvalue weighted by molar-refractivity contribution is 6.30. The van der Waals surface area contributed by atoms with Crippen molar-refractivity contribution in [3.05, 3.63) is 23.2 Å². The molecule has 1 amide bonds. The third-order valence-corrected chi connectivity index (χ3v) is 3.58. The van der Waals surface area contributed by atoms with Gasteiger partial charge in [0.1, 0.15) is 5.75 Å². The molecule has 3 N–H and O–H groups in total. The van der Waals surface area contributed by atoms with Crippen LogP contribution in [0.2, 0.25) is 5.02 Å². The summed E-state index contributed by atoms with van der Waals surface area (Å²) in [6.45, 7) is 2.42. The molecule has 0 bridgehead atoms. The van der Waals surface area contributed by atoms with Crippen LogP contribution in [0.5, 0.6) is 5.75 Å². The van der Waals surface area contributed by atoms with Crippen molar-refractivity contribution in [2.75, 3.05) is 11.9 Å². The Labute approximate surface area is 130 Å². The molecule has 20 heavy (non-hydrogen) atoms. The van der Waals surface area contributed by atoms with Crippen LogP contribution >= 0.6 is 24.0 Å². The van der Waals surface area contributed by atoms with Crippen molar-refractivity contribution in [2.24, 2.45) is 11.7 Å². The van der Waals surface area contributed by atoms with Crippen molar-refractivity contribution >= 4 is 35.6 Å². The number of ether oxygens (including phenoxy) is 1. The Morgan fingerprint density at radius 3 is 2.85 bits per heavy atom. The zero-order valence-corrected chi connectivity index (χ0v) is 13.0. The molecule has 6 heteroatoms. The quantitative estimate of drug-likeness (QED) is 0.895. The lowest BCUT2D eigenvalue weighted by molar-refractivity contribution is -0.119. The zero-order valence-electron chi connectivity index (χ0n) is 11.4. The molecular weight excluding hydrogens is 299 g/mol. The molecule has 2 unspecified atom stereocenters. The van der Waals surface area contributed by atoms with Gasteiger partial charge in [0.15, 0.2) is 0 Å². The number of hydrogen-bond donors (Lipinski definition) is 2. The van der Waals surface area contributed by atoms with E-state index in [2.05, 4.69) is 5.32 Å². The van der Waals surface area contributed by atoms with Crippen LogP contribution in [-0.2, 0) is 4.79 Å². The maximum absolute atomic E-state index is 12.1. The van der Waals surface area contributed by atoms with E-state index in [0.717, 1.165) is 19.3 Å². The lowest BCUT2D eigenvalue weighted by Crippen LogP contribution is -2.23. The van der Waals surface area contributed by atoms with Crippen LogP contribution < -0.4 is 15.8 Å². The number of anilines is 1. The summed E-state index contributed by atoms with van der Waals surface area (Å²) in [6.07, 6.45) is 2.52. The predicted octanol–water partition coefficient (Wildman–Crippen LogP) is 3.23. The Morgan fingerprint density at radius 2 is 2.25 bits per heavy atom. The first-order chi connectivity index (χ1) is 9.10. The minimum Gasteiger partial charge on any atom is -0.492 e. The summed E-state index contributed by atoms with van der Waals surface area (Å²) < 4.78 is 5.48. The Kier molecular flexibility index (Phi) is 6.59. The summed E-state index contributed by atoms with van der Waals surface area (Å²) in [5.74, 6) is 0.613. The average molecular weight is 319 g/mol. The van der Waals surface area contributed by atoms with Gasteiger partial charge in [0.2, 0.25) is 5.91 Å². The van der Waals surface area contributed by atoms with Gasteiger partial charge >= 0.3 is 0 Å². The van der Waals surface area contributed by atoms with E-state index in [1.165, 1.54) is 0 Å². The van der Waals surface area contributed by atoms with E-state index in [4.69, 9.17) is 22.1 Å². The predicted molar refractivity (Wildman–Crippen MR) is 83.8 cm³/mol. The van der Waals surface area contributed by atoms with Gasteiger partial charge in [-0.25, -0.2) is 0 Å². The molecule has 1 aliphatic carbocycles. The number of rotatable bonds is 4. The van der Waals surface area contributed by atoms with Crippen molar-refractivity contribution in [2.45, 2.75) is 32.2 Å². The smallest absolute Gasteiger partial charge is 0.227 e. The summed E-state index contributed by atoms with van der Waals surface area (Å²) in [4.78, 5) is 12.1. The number of nitrogens with two attached hydrogens (primary N) is 1. The number of carbonyl (C=O) groups is 1. The Balaban J connectivity index is 0.00000200. The molecule has 0 aromatic heterocycles. The maximum atomic E-state index is 12.1. The van der Waals surface area contributed by atoms with E-state index in [1.807, 2.05) is 6.92 Å². The zero-order chi connectivity index (χ0) is 13.8. The molecular formula is C14H20Cl2N2O2. The first-order valence-electron chi connectivity index (χ1n) is 6.59. The van der Waals surface area contributed by atoms with Gasteiger partial charge in [0.25, 0.3) is 0 Å². The molecule has 2 atom stereocenters. The van der Waals surface area contributed by atoms with Crippen LogP contribution in [0, 0.1) is 5.92 Å². The van der Waals surface area contributed by atoms with Crippen LogP contribution in [0.1, 0.15) is 26.2 Å². The normalized spacial score (nSPS) is 21.1. The van der Waals surface area contributed by atoms with Crippen molar-refractivity contribution in [3.63, 3.8) is 0 Å². The van der Waals surface area contributed by atoms with Crippen molar-refractivity contribution in [1.29, 1.82) is 0 Å². The van der Waals surface area contributed by atoms with Gasteiger partial charge in [-0.1, -0.05) is 11.6 Å². The van der Waals surface area contributed by atoms with Gasteiger partial charge in [0.05, 0.1) is 12.3 Å². The molecule has 1 saturated carbocycles. The maximum Gasteiger partial charge on any atom is 0.227 e. The Hall–Kier alpha value is -0.970. The number of halogens is 2. The van der Waals surface area contributed by atoms with Crippen LogP contribution in [0.3, 0.4) is 0 Å². The molecule has 1 aliphatic rings. The largest absolute Gasteiger partial charge is 0.492 e. The Bertz CT molecular complexity index is 468. The molecule has 1 aromatic carbocycles. The number of hydrogen-bond acceptors (Lipinski definition) is 3. The lowest BCUT2D eigenvalue weighted by atomic mass is 10.1. The van der Waals surface area contributed by atoms with E-state index in [0.29, 0.717) is 23.1 Å². The minimum absolute atomic E-state index is 0. The average Bonchev–Trinajstić information content (AvgIpc) is 2.80. The topological polar surface area (TPSA) is 64.3 Å². The van der Waals surface area contributed by atoms with Crippen LogP contribution in [0.25, 0.3) is 0 Å². The van der Waals surface area contributed by atoms with E-state index in [9.17, 15) is 4.79 Å². The minimum atomic E-state index is 0. The van der Waals surface area contributed by atoms with Gasteiger partial charge in [-0.3, -0.25) is 4.79 Å². The van der Waals surface area contributed by atoms with E-state index < -0.39 is 0 Å². The summed E-state index contributed by atoms with van der Waals surface area (Å²) in [5.41, 5.74) is 6.50. The molecule has 4 nitrogen and oxygen atoms in total. The third-order valence-electron chi connectivity index (χ3n) is 3.35. The molecule has 0 heterocycles. The molecule has 0 aliphatic heterocycles. The standard InChI is InChI=1S/C14H19ClN2O2.ClH/c1-2-19-13-8-10(15)4-6-12(13)17-14(18)9-3-5-11(16)7-9;/h4,6,8-9,11H,2-3,5,7,16H2,1H3,(H,17,18);1H. The number of carbonyl (C=O) groups excluding carboxylic acids is 1. The molecule has 1 fully saturated rings. The van der Waals surface area contributed by atoms with Gasteiger partial charge in [-0.05, 0) is 38.3 Å². The van der Waals surface area contributed by atoms with Crippen molar-refractivity contribution in [1.82, 2.24) is 0 Å². The van der Waals surface area contributed by atoms with Crippen LogP contribution in [0.15, 0.2) is 18.2 Å². The first-order valence-corrected chi connectivity index (χ1v) is 6.96. The Morgan fingerprint density at radius 1 is 1.50 bits per heavy atom. The summed E-state index contributed by atoms with van der Waals surface area (Å²) in [5, 5.41) is 3.49. The summed E-state index contributed by atoms with van der Waals surface area (Å²) in [6, 6.07) is 5.36. The molecule has 0 radical (unpaired) electrons. The van der Waals surface area contributed by atoms with E-state index in [-0.39, 0.29) is 30.3 Å². The fourth-order valence-electron chi connectivity index (χ4n) is 2.36. The fraction of sp³-hybridized carbons (Fsp3) is 0.500. The van der Waals surface area contributed by atoms with Gasteiger partial charge in [0, 0.05) is 23.0 Å². The second-order valence-electron chi connectivity index (χ2n) is 4.83. The molecule has 1 aromatic rings. The SMILES string of the molecule is CCOc1cc(Cl)ccc1NC(=O)C1CCC(N)C1.Cl.